The van der Waals surface area contributed by atoms with E-state index < -0.39 is 18.5 Å². The van der Waals surface area contributed by atoms with Crippen LogP contribution in [0.1, 0.15) is 29.6 Å². The normalized spacial score (nSPS) is 11.4. The van der Waals surface area contributed by atoms with Gasteiger partial charge in [-0.3, -0.25) is 4.79 Å². The molecule has 19 heavy (non-hydrogen) atoms. The van der Waals surface area contributed by atoms with E-state index in [9.17, 15) is 18.0 Å². The lowest BCUT2D eigenvalue weighted by Gasteiger charge is -2.09. The summed E-state index contributed by atoms with van der Waals surface area (Å²) in [4.78, 5) is 11.7. The smallest absolute Gasteiger partial charge is 0.389 e. The van der Waals surface area contributed by atoms with Crippen LogP contribution in [0.2, 0.25) is 5.02 Å². The molecule has 0 aliphatic carbocycles. The maximum Gasteiger partial charge on any atom is 0.389 e. The number of anilines is 1. The lowest BCUT2D eigenvalue weighted by molar-refractivity contribution is -0.135. The molecule has 1 rings (SSSR count). The van der Waals surface area contributed by atoms with Gasteiger partial charge in [-0.25, -0.2) is 0 Å². The molecular formula is C12H14ClF3N2O. The average Bonchev–Trinajstić information content (AvgIpc) is 2.30. The van der Waals surface area contributed by atoms with Gasteiger partial charge in [0, 0.05) is 13.0 Å². The molecule has 1 amide bonds. The Morgan fingerprint density at radius 2 is 2.00 bits per heavy atom. The van der Waals surface area contributed by atoms with Gasteiger partial charge in [-0.15, -0.1) is 0 Å². The number of carbonyl (C=O) groups excluding carboxylic acids is 1. The molecule has 0 saturated heterocycles. The summed E-state index contributed by atoms with van der Waals surface area (Å²) in [5, 5.41) is 2.66. The van der Waals surface area contributed by atoms with Crippen LogP contribution in [-0.4, -0.2) is 18.6 Å². The molecule has 1 aromatic carbocycles. The second-order valence-corrected chi connectivity index (χ2v) is 4.41. The van der Waals surface area contributed by atoms with Crippen LogP contribution in [0.4, 0.5) is 18.9 Å². The van der Waals surface area contributed by atoms with E-state index in [4.69, 9.17) is 17.3 Å². The summed E-state index contributed by atoms with van der Waals surface area (Å²) in [6, 6.07) is 4.64. The fourth-order valence-electron chi connectivity index (χ4n) is 1.47. The van der Waals surface area contributed by atoms with Gasteiger partial charge in [0.2, 0.25) is 0 Å². The summed E-state index contributed by atoms with van der Waals surface area (Å²) in [6.07, 6.45) is -4.76. The number of alkyl halides is 3. The summed E-state index contributed by atoms with van der Waals surface area (Å²) in [5.74, 6) is -0.440. The molecule has 0 aromatic heterocycles. The van der Waals surface area contributed by atoms with Crippen LogP contribution >= 0.6 is 11.6 Å². The first-order chi connectivity index (χ1) is 8.81. The van der Waals surface area contributed by atoms with E-state index in [1.54, 1.807) is 12.1 Å². The first-order valence-electron chi connectivity index (χ1n) is 5.70. The zero-order valence-corrected chi connectivity index (χ0v) is 10.8. The molecule has 7 heteroatoms. The second-order valence-electron chi connectivity index (χ2n) is 4.04. The Morgan fingerprint density at radius 1 is 1.32 bits per heavy atom. The molecule has 1 aromatic rings. The number of hydrogen-bond acceptors (Lipinski definition) is 2. The van der Waals surface area contributed by atoms with Gasteiger partial charge in [0.1, 0.15) is 0 Å². The fraction of sp³-hybridized carbons (Fsp3) is 0.417. The van der Waals surface area contributed by atoms with Gasteiger partial charge in [-0.05, 0) is 25.0 Å². The van der Waals surface area contributed by atoms with E-state index in [0.717, 1.165) is 0 Å². The van der Waals surface area contributed by atoms with Crippen molar-refractivity contribution in [2.24, 2.45) is 0 Å². The predicted molar refractivity (Wildman–Crippen MR) is 68.1 cm³/mol. The Kier molecular flexibility index (Phi) is 5.47. The van der Waals surface area contributed by atoms with Gasteiger partial charge in [0.15, 0.2) is 0 Å². The molecule has 0 atom stereocenters. The third kappa shape index (κ3) is 5.38. The lowest BCUT2D eigenvalue weighted by Crippen LogP contribution is -2.25. The lowest BCUT2D eigenvalue weighted by atomic mass is 10.2. The highest BCUT2D eigenvalue weighted by molar-refractivity contribution is 6.36. The first kappa shape index (κ1) is 15.6. The molecule has 0 bridgehead atoms. The standard InChI is InChI=1S/C12H14ClF3N2O/c13-10-8(4-3-5-9(10)17)11(19)18-7-2-1-6-12(14,15)16/h3-5H,1-2,6-7,17H2,(H,18,19). The number of nitrogens with one attached hydrogen (secondary N) is 1. The zero-order chi connectivity index (χ0) is 14.5. The third-order valence-corrected chi connectivity index (χ3v) is 2.87. The van der Waals surface area contributed by atoms with Crippen molar-refractivity contribution in [3.05, 3.63) is 28.8 Å². The van der Waals surface area contributed by atoms with Crippen molar-refractivity contribution >= 4 is 23.2 Å². The fourth-order valence-corrected chi connectivity index (χ4v) is 1.68. The number of benzene rings is 1. The minimum Gasteiger partial charge on any atom is -0.398 e. The summed E-state index contributed by atoms with van der Waals surface area (Å²) >= 11 is 5.85. The van der Waals surface area contributed by atoms with Gasteiger partial charge >= 0.3 is 6.18 Å². The summed E-state index contributed by atoms with van der Waals surface area (Å²) in [7, 11) is 0. The molecule has 3 N–H and O–H groups in total. The molecule has 0 heterocycles. The summed E-state index contributed by atoms with van der Waals surface area (Å²) in [5.41, 5.74) is 6.05. The van der Waals surface area contributed by atoms with Gasteiger partial charge in [-0.2, -0.15) is 13.2 Å². The van der Waals surface area contributed by atoms with Crippen LogP contribution in [0.25, 0.3) is 0 Å². The maximum atomic E-state index is 11.9. The van der Waals surface area contributed by atoms with Gasteiger partial charge in [-0.1, -0.05) is 17.7 Å². The van der Waals surface area contributed by atoms with Crippen molar-refractivity contribution in [3.8, 4) is 0 Å². The van der Waals surface area contributed by atoms with E-state index in [0.29, 0.717) is 0 Å². The molecule has 3 nitrogen and oxygen atoms in total. The highest BCUT2D eigenvalue weighted by atomic mass is 35.5. The topological polar surface area (TPSA) is 55.1 Å². The number of amides is 1. The van der Waals surface area contributed by atoms with Crippen LogP contribution in [0, 0.1) is 0 Å². The second kappa shape index (κ2) is 6.65. The predicted octanol–water partition coefficient (Wildman–Crippen LogP) is 3.38. The molecule has 0 unspecified atom stereocenters. The average molecular weight is 295 g/mol. The monoisotopic (exact) mass is 294 g/mol. The molecule has 0 aliphatic heterocycles. The first-order valence-corrected chi connectivity index (χ1v) is 6.08. The molecule has 0 spiro atoms. The van der Waals surface area contributed by atoms with E-state index in [2.05, 4.69) is 5.32 Å². The summed E-state index contributed by atoms with van der Waals surface area (Å²) in [6.45, 7) is 0.167. The van der Waals surface area contributed by atoms with Crippen LogP contribution in [0.15, 0.2) is 18.2 Å². The Bertz CT molecular complexity index is 449. The van der Waals surface area contributed by atoms with E-state index in [-0.39, 0.29) is 35.7 Å². The van der Waals surface area contributed by atoms with Crippen LogP contribution < -0.4 is 11.1 Å². The number of carbonyl (C=O) groups is 1. The Morgan fingerprint density at radius 3 is 2.63 bits per heavy atom. The molecule has 0 fully saturated rings. The quantitative estimate of drug-likeness (QED) is 0.646. The van der Waals surface area contributed by atoms with Crippen molar-refractivity contribution in [2.75, 3.05) is 12.3 Å². The number of rotatable bonds is 5. The number of unbranched alkanes of at least 4 members (excludes halogenated alkanes) is 1. The van der Waals surface area contributed by atoms with Crippen LogP contribution in [0.3, 0.4) is 0 Å². The van der Waals surface area contributed by atoms with Crippen molar-refractivity contribution in [1.82, 2.24) is 5.32 Å². The summed E-state index contributed by atoms with van der Waals surface area (Å²) < 4.78 is 35.7. The SMILES string of the molecule is Nc1cccc(C(=O)NCCCCC(F)(F)F)c1Cl. The van der Waals surface area contributed by atoms with Crippen LogP contribution in [-0.2, 0) is 0 Å². The number of hydrogen-bond donors (Lipinski definition) is 2. The number of nitrogen functional groups attached to an aromatic ring is 1. The Balaban J connectivity index is 2.38. The third-order valence-electron chi connectivity index (χ3n) is 2.45. The van der Waals surface area contributed by atoms with Gasteiger partial charge < -0.3 is 11.1 Å². The highest BCUT2D eigenvalue weighted by Crippen LogP contribution is 2.23. The Hall–Kier alpha value is -1.43. The maximum absolute atomic E-state index is 11.9. The van der Waals surface area contributed by atoms with E-state index >= 15 is 0 Å². The minimum atomic E-state index is -4.15. The van der Waals surface area contributed by atoms with E-state index in [1.165, 1.54) is 6.07 Å². The van der Waals surface area contributed by atoms with Crippen LogP contribution in [0.5, 0.6) is 0 Å². The number of halogens is 4. The Labute approximate surface area is 113 Å². The molecular weight excluding hydrogens is 281 g/mol. The van der Waals surface area contributed by atoms with Crippen molar-refractivity contribution < 1.29 is 18.0 Å². The largest absolute Gasteiger partial charge is 0.398 e. The molecule has 106 valence electrons. The minimum absolute atomic E-state index is 0.0194. The molecule has 0 saturated carbocycles. The van der Waals surface area contributed by atoms with Crippen molar-refractivity contribution in [2.45, 2.75) is 25.4 Å². The highest BCUT2D eigenvalue weighted by Gasteiger charge is 2.25. The van der Waals surface area contributed by atoms with Gasteiger partial charge in [0.25, 0.3) is 5.91 Å². The van der Waals surface area contributed by atoms with Crippen molar-refractivity contribution in [1.29, 1.82) is 0 Å². The van der Waals surface area contributed by atoms with Crippen molar-refractivity contribution in [3.63, 3.8) is 0 Å². The van der Waals surface area contributed by atoms with E-state index in [1.807, 2.05) is 0 Å². The molecule has 0 aliphatic rings. The molecule has 0 radical (unpaired) electrons. The zero-order valence-electron chi connectivity index (χ0n) is 10.1. The number of nitrogens with two attached hydrogens (primary N) is 1. The van der Waals surface area contributed by atoms with Gasteiger partial charge in [0.05, 0.1) is 16.3 Å².